The number of carbonyl (C=O) groups is 2. The molecule has 2 atom stereocenters. The van der Waals surface area contributed by atoms with Crippen molar-refractivity contribution in [1.82, 2.24) is 0 Å². The molecule has 0 aliphatic heterocycles. The van der Waals surface area contributed by atoms with E-state index >= 15 is 0 Å². The molecule has 50 heavy (non-hydrogen) atoms. The number of unbranched alkanes of at least 4 members (excludes halogenated alkanes) is 24. The van der Waals surface area contributed by atoms with E-state index in [0.717, 1.165) is 49.6 Å². The van der Waals surface area contributed by atoms with Crippen LogP contribution in [0.3, 0.4) is 0 Å². The van der Waals surface area contributed by atoms with Gasteiger partial charge in [0.25, 0.3) is 0 Å². The van der Waals surface area contributed by atoms with E-state index in [1.54, 1.807) is 0 Å². The zero-order valence-electron chi connectivity index (χ0n) is 33.4. The predicted octanol–water partition coefficient (Wildman–Crippen LogP) is 12.3. The number of likely N-dealkylation sites (N-methyl/N-ethyl adjacent to an activating group) is 1. The van der Waals surface area contributed by atoms with Gasteiger partial charge in [-0.3, -0.25) is 9.59 Å². The third-order valence-electron chi connectivity index (χ3n) is 9.14. The standard InChI is InChI=1S/C40H80NO6PS2/c1-6-8-10-12-14-16-18-20-22-24-26-28-30-32-39(42)44-36-38(37-46-48(49,50)45-35-34-41(3,4)5)47-40(43)33-31-29-27-25-23-21-19-17-15-13-11-9-7-2/h38H,6-37H2,1-5H3/p+1/t38-/m1/s1. The molecule has 0 bridgehead atoms. The Hall–Kier alpha value is -0.180. The van der Waals surface area contributed by atoms with Crippen LogP contribution < -0.4 is 0 Å². The maximum absolute atomic E-state index is 12.7. The fourth-order valence-electron chi connectivity index (χ4n) is 5.84. The predicted molar refractivity (Wildman–Crippen MR) is 220 cm³/mol. The Morgan fingerprint density at radius 1 is 0.560 bits per heavy atom. The van der Waals surface area contributed by atoms with Gasteiger partial charge in [-0.15, -0.1) is 0 Å². The van der Waals surface area contributed by atoms with Crippen molar-refractivity contribution in [3.63, 3.8) is 0 Å². The number of hydrogen-bond donors (Lipinski definition) is 1. The van der Waals surface area contributed by atoms with Crippen LogP contribution in [0.4, 0.5) is 0 Å². The Bertz CT molecular complexity index is 841. The quantitative estimate of drug-likeness (QED) is 0.0221. The summed E-state index contributed by atoms with van der Waals surface area (Å²) in [5.41, 5.74) is -2.83. The van der Waals surface area contributed by atoms with Crippen LogP contribution in [0.5, 0.6) is 0 Å². The number of hydrogen-bond acceptors (Lipinski definition) is 7. The number of ether oxygens (including phenoxy) is 2. The van der Waals surface area contributed by atoms with Crippen molar-refractivity contribution in [3.05, 3.63) is 0 Å². The summed E-state index contributed by atoms with van der Waals surface area (Å²) in [5.74, 6) is -0.567. The first-order valence-electron chi connectivity index (χ1n) is 20.8. The molecule has 0 aliphatic carbocycles. The normalized spacial score (nSPS) is 13.6. The molecule has 0 rings (SSSR count). The fraction of sp³-hybridized carbons (Fsp3) is 0.950. The lowest BCUT2D eigenvalue weighted by Crippen LogP contribution is -2.37. The highest BCUT2D eigenvalue weighted by Gasteiger charge is 2.23. The summed E-state index contributed by atoms with van der Waals surface area (Å²) < 4.78 is 23.6. The molecular weight excluding hydrogens is 686 g/mol. The molecule has 0 aromatic rings. The van der Waals surface area contributed by atoms with Gasteiger partial charge in [-0.1, -0.05) is 180 Å². The van der Waals surface area contributed by atoms with Gasteiger partial charge in [-0.2, -0.15) is 0 Å². The first-order valence-corrected chi connectivity index (χ1v) is 24.6. The second-order valence-electron chi connectivity index (χ2n) is 15.4. The van der Waals surface area contributed by atoms with Crippen LogP contribution in [0, 0.1) is 0 Å². The van der Waals surface area contributed by atoms with Crippen LogP contribution in [-0.4, -0.2) is 70.0 Å². The smallest absolute Gasteiger partial charge is 0.306 e. The monoisotopic (exact) mass is 767 g/mol. The molecule has 0 heterocycles. The van der Waals surface area contributed by atoms with Crippen LogP contribution in [-0.2, 0) is 39.9 Å². The van der Waals surface area contributed by atoms with Gasteiger partial charge >= 0.3 is 11.9 Å². The van der Waals surface area contributed by atoms with Gasteiger partial charge in [0.1, 0.15) is 19.8 Å². The van der Waals surface area contributed by atoms with Gasteiger partial charge in [-0.25, -0.2) is 0 Å². The van der Waals surface area contributed by atoms with Crippen LogP contribution in [0.1, 0.15) is 194 Å². The lowest BCUT2D eigenvalue weighted by atomic mass is 10.0. The third kappa shape index (κ3) is 37.6. The number of carbonyl (C=O) groups excluding carboxylic acids is 2. The van der Waals surface area contributed by atoms with E-state index in [9.17, 15) is 9.59 Å². The van der Waals surface area contributed by atoms with E-state index in [0.29, 0.717) is 19.4 Å². The highest BCUT2D eigenvalue weighted by atomic mass is 32.9. The zero-order valence-corrected chi connectivity index (χ0v) is 36.0. The minimum Gasteiger partial charge on any atom is -0.462 e. The molecule has 0 fully saturated rings. The van der Waals surface area contributed by atoms with Crippen molar-refractivity contribution in [1.29, 1.82) is 0 Å². The van der Waals surface area contributed by atoms with Gasteiger partial charge in [0.2, 0.25) is 5.69 Å². The molecule has 0 aliphatic rings. The average molecular weight is 767 g/mol. The first-order chi connectivity index (χ1) is 24.0. The Morgan fingerprint density at radius 3 is 1.30 bits per heavy atom. The summed E-state index contributed by atoms with van der Waals surface area (Å²) in [6.07, 6.45) is 32.6. The molecule has 0 aromatic heterocycles. The van der Waals surface area contributed by atoms with Gasteiger partial charge in [0.05, 0.1) is 27.7 Å². The van der Waals surface area contributed by atoms with Crippen LogP contribution in [0.25, 0.3) is 0 Å². The van der Waals surface area contributed by atoms with E-state index in [1.165, 1.54) is 128 Å². The Labute approximate surface area is 320 Å². The topological polar surface area (TPSA) is 71.1 Å². The molecule has 7 nitrogen and oxygen atoms in total. The van der Waals surface area contributed by atoms with Gasteiger partial charge < -0.3 is 23.0 Å². The molecular formula is C40H81NO6PS2+. The lowest BCUT2D eigenvalue weighted by Gasteiger charge is -2.26. The van der Waals surface area contributed by atoms with E-state index in [1.807, 2.05) is 0 Å². The Balaban J connectivity index is 4.36. The number of quaternary nitrogens is 1. The van der Waals surface area contributed by atoms with Crippen LogP contribution in [0.2, 0.25) is 0 Å². The van der Waals surface area contributed by atoms with E-state index < -0.39 is 11.8 Å². The summed E-state index contributed by atoms with van der Waals surface area (Å²) in [4.78, 5) is 25.2. The zero-order chi connectivity index (χ0) is 37.2. The lowest BCUT2D eigenvalue weighted by molar-refractivity contribution is -0.870. The molecule has 0 N–H and O–H groups in total. The van der Waals surface area contributed by atoms with Crippen molar-refractivity contribution in [2.75, 3.05) is 47.5 Å². The minimum atomic E-state index is -2.83. The molecule has 0 aromatic carbocycles. The van der Waals surface area contributed by atoms with E-state index in [4.69, 9.17) is 30.3 Å². The van der Waals surface area contributed by atoms with Crippen molar-refractivity contribution in [3.8, 4) is 0 Å². The molecule has 0 spiro atoms. The molecule has 0 amide bonds. The maximum Gasteiger partial charge on any atom is 0.306 e. The maximum atomic E-state index is 12.7. The van der Waals surface area contributed by atoms with E-state index in [-0.39, 0.29) is 25.2 Å². The molecule has 10 heteroatoms. The minimum absolute atomic E-state index is 0.0124. The fourth-order valence-corrected chi connectivity index (χ4v) is 7.43. The van der Waals surface area contributed by atoms with Crippen molar-refractivity contribution in [2.45, 2.75) is 200 Å². The SMILES string of the molecule is CCCCCCCCCCCCCCCC(=O)OC[C@H](COP(=S)(S)OCC[N+](C)(C)C)OC(=O)CCCCCCCCCCCCCCC. The summed E-state index contributed by atoms with van der Waals surface area (Å²) in [7, 11) is 6.22. The summed E-state index contributed by atoms with van der Waals surface area (Å²) in [6.45, 7) is 5.64. The summed E-state index contributed by atoms with van der Waals surface area (Å²) in [5, 5.41) is 0. The summed E-state index contributed by atoms with van der Waals surface area (Å²) >= 11 is 9.94. The van der Waals surface area contributed by atoms with Gasteiger partial charge in [-0.05, 0) is 24.6 Å². The van der Waals surface area contributed by atoms with Crippen molar-refractivity contribution < 1.29 is 32.6 Å². The van der Waals surface area contributed by atoms with Gasteiger partial charge in [0.15, 0.2) is 6.10 Å². The number of rotatable bonds is 38. The van der Waals surface area contributed by atoms with Gasteiger partial charge in [0, 0.05) is 12.8 Å². The average Bonchev–Trinajstić information content (AvgIpc) is 3.06. The molecule has 1 unspecified atom stereocenters. The number of nitrogens with zero attached hydrogens (tertiary/aromatic N) is 1. The first kappa shape index (κ1) is 49.8. The molecule has 0 radical (unpaired) electrons. The Kier molecular flexibility index (Phi) is 34.5. The molecule has 0 saturated heterocycles. The highest BCUT2D eigenvalue weighted by molar-refractivity contribution is 8.60. The number of thiol groups is 1. The van der Waals surface area contributed by atoms with Crippen molar-refractivity contribution in [2.24, 2.45) is 0 Å². The highest BCUT2D eigenvalue weighted by Crippen LogP contribution is 2.53. The largest absolute Gasteiger partial charge is 0.462 e. The Morgan fingerprint density at radius 2 is 0.920 bits per heavy atom. The number of esters is 2. The third-order valence-corrected chi connectivity index (χ3v) is 11.4. The van der Waals surface area contributed by atoms with Crippen molar-refractivity contribution >= 4 is 41.7 Å². The van der Waals surface area contributed by atoms with Crippen LogP contribution >= 0.6 is 17.9 Å². The second kappa shape index (κ2) is 34.6. The molecule has 298 valence electrons. The summed E-state index contributed by atoms with van der Waals surface area (Å²) in [6, 6.07) is 0. The van der Waals surface area contributed by atoms with Crippen LogP contribution in [0.15, 0.2) is 0 Å². The second-order valence-corrected chi connectivity index (χ2v) is 20.7. The molecule has 0 saturated carbocycles. The van der Waals surface area contributed by atoms with E-state index in [2.05, 4.69) is 47.2 Å².